The molecular weight excluding hydrogens is 587 g/mol. The van der Waals surface area contributed by atoms with Crippen molar-refractivity contribution in [1.29, 1.82) is 0 Å². The molecular formula is C27H36BrFN6O3S. The van der Waals surface area contributed by atoms with Gasteiger partial charge in [0.2, 0.25) is 5.95 Å². The van der Waals surface area contributed by atoms with Crippen LogP contribution in [0.1, 0.15) is 57.3 Å². The minimum Gasteiger partial charge on any atom is -0.378 e. The van der Waals surface area contributed by atoms with Crippen molar-refractivity contribution in [3.05, 3.63) is 64.5 Å². The Morgan fingerprint density at radius 2 is 1.90 bits per heavy atom. The molecule has 12 heteroatoms. The normalized spacial score (nSPS) is 10.7. The number of hydrogen-bond donors (Lipinski definition) is 4. The number of primary amides is 1. The Kier molecular flexibility index (Phi) is 16.6. The molecule has 3 aromatic rings. The van der Waals surface area contributed by atoms with Crippen LogP contribution in [-0.2, 0) is 9.53 Å². The fourth-order valence-electron chi connectivity index (χ4n) is 2.90. The molecule has 3 rings (SSSR count). The van der Waals surface area contributed by atoms with Crippen LogP contribution in [0.15, 0.2) is 58.0 Å². The fourth-order valence-corrected chi connectivity index (χ4v) is 3.48. The zero-order valence-corrected chi connectivity index (χ0v) is 24.9. The highest BCUT2D eigenvalue weighted by Gasteiger charge is 2.16. The Hall–Kier alpha value is -3.06. The van der Waals surface area contributed by atoms with Crippen LogP contribution in [-0.4, -0.2) is 34.9 Å². The topological polar surface area (TPSA) is 145 Å². The van der Waals surface area contributed by atoms with Crippen molar-refractivity contribution in [1.82, 2.24) is 9.97 Å². The van der Waals surface area contributed by atoms with Gasteiger partial charge in [0.15, 0.2) is 0 Å². The Morgan fingerprint density at radius 3 is 2.49 bits per heavy atom. The second-order valence-corrected chi connectivity index (χ2v) is 9.31. The highest BCUT2D eigenvalue weighted by Crippen LogP contribution is 2.28. The number of carbonyl (C=O) groups excluding carboxylic acids is 2. The zero-order chi connectivity index (χ0) is 29.2. The second-order valence-electron chi connectivity index (χ2n) is 7.75. The summed E-state index contributed by atoms with van der Waals surface area (Å²) < 4.78 is 19.7. The molecule has 1 atom stereocenters. The van der Waals surface area contributed by atoms with Crippen molar-refractivity contribution < 1.29 is 18.7 Å². The number of nitrogens with zero attached hydrogens (tertiary/aromatic N) is 2. The smallest absolute Gasteiger partial charge is 0.253 e. The first kappa shape index (κ1) is 34.0. The van der Waals surface area contributed by atoms with Crippen LogP contribution < -0.4 is 21.5 Å². The Labute approximate surface area is 242 Å². The Balaban J connectivity index is 0.000000537. The number of rotatable bonds is 12. The third-order valence-electron chi connectivity index (χ3n) is 4.83. The number of aromatic nitrogens is 2. The summed E-state index contributed by atoms with van der Waals surface area (Å²) >= 11 is 4.48. The molecule has 0 fully saturated rings. The first-order chi connectivity index (χ1) is 18.8. The van der Waals surface area contributed by atoms with Gasteiger partial charge in [0.05, 0.1) is 21.8 Å². The summed E-state index contributed by atoms with van der Waals surface area (Å²) in [5.74, 6) is -0.938. The van der Waals surface area contributed by atoms with Gasteiger partial charge in [0.25, 0.3) is 5.91 Å². The number of hydrogen-bond acceptors (Lipinski definition) is 9. The van der Waals surface area contributed by atoms with Crippen LogP contribution in [0.3, 0.4) is 0 Å². The SMILES string of the molecule is CC.CCCCOC(C)CC=O.NSc1ccc(Nc2ncc(Br)c(Nc3cccc(F)c3C(N)=O)n2)cc1. The van der Waals surface area contributed by atoms with Gasteiger partial charge >= 0.3 is 0 Å². The summed E-state index contributed by atoms with van der Waals surface area (Å²) in [6.07, 6.45) is 5.28. The average Bonchev–Trinajstić information content (AvgIpc) is 2.93. The van der Waals surface area contributed by atoms with Gasteiger partial charge in [-0.3, -0.25) is 9.93 Å². The van der Waals surface area contributed by atoms with Crippen molar-refractivity contribution in [2.24, 2.45) is 10.9 Å². The van der Waals surface area contributed by atoms with Crippen LogP contribution in [0.25, 0.3) is 0 Å². The Morgan fingerprint density at radius 1 is 1.21 bits per heavy atom. The van der Waals surface area contributed by atoms with E-state index in [0.29, 0.717) is 22.7 Å². The number of carbonyl (C=O) groups is 2. The predicted molar refractivity (Wildman–Crippen MR) is 160 cm³/mol. The van der Waals surface area contributed by atoms with Crippen LogP contribution in [0.4, 0.5) is 27.5 Å². The van der Waals surface area contributed by atoms with Gasteiger partial charge in [-0.05, 0) is 77.6 Å². The predicted octanol–water partition coefficient (Wildman–Crippen LogP) is 6.74. The minimum absolute atomic E-state index is 0.101. The first-order valence-electron chi connectivity index (χ1n) is 12.5. The molecule has 0 bridgehead atoms. The molecule has 39 heavy (non-hydrogen) atoms. The molecule has 6 N–H and O–H groups in total. The maximum atomic E-state index is 13.9. The molecule has 1 unspecified atom stereocenters. The van der Waals surface area contributed by atoms with Crippen LogP contribution in [0, 0.1) is 5.82 Å². The highest BCUT2D eigenvalue weighted by molar-refractivity contribution is 9.10. The molecule has 1 aromatic heterocycles. The molecule has 0 aliphatic heterocycles. The number of ether oxygens (including phenoxy) is 1. The lowest BCUT2D eigenvalue weighted by molar-refractivity contribution is -0.110. The van der Waals surface area contributed by atoms with Crippen LogP contribution in [0.5, 0.6) is 0 Å². The lowest BCUT2D eigenvalue weighted by atomic mass is 10.1. The summed E-state index contributed by atoms with van der Waals surface area (Å²) in [7, 11) is 0. The molecule has 9 nitrogen and oxygen atoms in total. The molecule has 0 aliphatic rings. The lowest BCUT2D eigenvalue weighted by Crippen LogP contribution is -2.16. The average molecular weight is 624 g/mol. The number of unbranched alkanes of at least 4 members (excludes halogenated alkanes) is 1. The molecule has 1 amide bonds. The van der Waals surface area contributed by atoms with E-state index in [9.17, 15) is 14.0 Å². The number of anilines is 4. The van der Waals surface area contributed by atoms with E-state index in [4.69, 9.17) is 15.6 Å². The number of amides is 1. The maximum Gasteiger partial charge on any atom is 0.253 e. The van der Waals surface area contributed by atoms with E-state index in [0.717, 1.165) is 54.3 Å². The van der Waals surface area contributed by atoms with E-state index in [1.165, 1.54) is 18.3 Å². The van der Waals surface area contributed by atoms with Gasteiger partial charge in [0.1, 0.15) is 17.9 Å². The van der Waals surface area contributed by atoms with E-state index in [-0.39, 0.29) is 17.4 Å². The van der Waals surface area contributed by atoms with Gasteiger partial charge in [0, 0.05) is 29.8 Å². The molecule has 2 aromatic carbocycles. The molecule has 0 saturated carbocycles. The standard InChI is InChI=1S/C17H14BrFN6OS.C8H16O2.C2H6/c18-11-8-22-17(23-9-4-6-10(27-21)7-5-9)25-16(11)24-13-3-1-2-12(19)14(13)15(20)26;1-3-4-7-10-8(2)5-6-9;1-2/h1-8H,21H2,(H2,20,26)(H2,22,23,24,25);6,8H,3-5,7H2,1-2H3;1-2H3. The number of nitrogens with two attached hydrogens (primary N) is 2. The first-order valence-corrected chi connectivity index (χ1v) is 14.1. The number of benzene rings is 2. The summed E-state index contributed by atoms with van der Waals surface area (Å²) in [5.41, 5.74) is 6.01. The van der Waals surface area contributed by atoms with Gasteiger partial charge in [-0.2, -0.15) is 4.98 Å². The number of nitrogens with one attached hydrogen (secondary N) is 2. The van der Waals surface area contributed by atoms with E-state index in [2.05, 4.69) is 43.5 Å². The van der Waals surface area contributed by atoms with Crippen molar-refractivity contribution in [3.8, 4) is 0 Å². The molecule has 0 spiro atoms. The summed E-state index contributed by atoms with van der Waals surface area (Å²) in [5, 5.41) is 11.5. The molecule has 0 radical (unpaired) electrons. The van der Waals surface area contributed by atoms with Crippen molar-refractivity contribution in [2.45, 2.75) is 58.0 Å². The van der Waals surface area contributed by atoms with Crippen molar-refractivity contribution in [3.63, 3.8) is 0 Å². The van der Waals surface area contributed by atoms with Crippen LogP contribution in [0.2, 0.25) is 0 Å². The zero-order valence-electron chi connectivity index (χ0n) is 22.5. The van der Waals surface area contributed by atoms with Gasteiger partial charge in [-0.25, -0.2) is 9.37 Å². The van der Waals surface area contributed by atoms with Gasteiger partial charge in [-0.1, -0.05) is 33.3 Å². The van der Waals surface area contributed by atoms with E-state index in [1.54, 1.807) is 0 Å². The largest absolute Gasteiger partial charge is 0.378 e. The fraction of sp³-hybridized carbons (Fsp3) is 0.333. The monoisotopic (exact) mass is 622 g/mol. The Bertz CT molecular complexity index is 1170. The third-order valence-corrected chi connectivity index (χ3v) is 5.96. The van der Waals surface area contributed by atoms with E-state index in [1.807, 2.05) is 45.0 Å². The van der Waals surface area contributed by atoms with Crippen molar-refractivity contribution >= 4 is 63.2 Å². The molecule has 0 saturated heterocycles. The summed E-state index contributed by atoms with van der Waals surface area (Å²) in [4.78, 5) is 31.0. The quantitative estimate of drug-likeness (QED) is 0.0979. The van der Waals surface area contributed by atoms with Gasteiger partial charge < -0.3 is 25.9 Å². The third kappa shape index (κ3) is 12.1. The van der Waals surface area contributed by atoms with E-state index >= 15 is 0 Å². The number of aldehydes is 1. The van der Waals surface area contributed by atoms with Crippen molar-refractivity contribution in [2.75, 3.05) is 17.2 Å². The summed E-state index contributed by atoms with van der Waals surface area (Å²) in [6, 6.07) is 11.6. The lowest BCUT2D eigenvalue weighted by Gasteiger charge is -2.13. The minimum atomic E-state index is -0.878. The maximum absolute atomic E-state index is 13.9. The molecule has 1 heterocycles. The highest BCUT2D eigenvalue weighted by atomic mass is 79.9. The van der Waals surface area contributed by atoms with E-state index < -0.39 is 11.7 Å². The molecule has 0 aliphatic carbocycles. The van der Waals surface area contributed by atoms with Gasteiger partial charge in [-0.15, -0.1) is 0 Å². The molecule has 212 valence electrons. The van der Waals surface area contributed by atoms with Crippen LogP contribution >= 0.6 is 27.9 Å². The number of halogens is 2. The second kappa shape index (κ2) is 19.1. The summed E-state index contributed by atoms with van der Waals surface area (Å²) in [6.45, 7) is 8.82.